The Bertz CT molecular complexity index is 1770. The molecule has 0 spiro atoms. The number of likely N-dealkylation sites (N-methyl/N-ethyl adjacent to an activating group) is 1. The summed E-state index contributed by atoms with van der Waals surface area (Å²) < 4.78 is 85.1. The second kappa shape index (κ2) is 12.6. The zero-order valence-corrected chi connectivity index (χ0v) is 28.5. The van der Waals surface area contributed by atoms with Crippen LogP contribution in [0.4, 0.5) is 32.6 Å². The van der Waals surface area contributed by atoms with Crippen molar-refractivity contribution in [3.8, 4) is 23.0 Å². The fourth-order valence-electron chi connectivity index (χ4n) is 7.43. The molecule has 0 bridgehead atoms. The number of carbonyl (C=O) groups excluding carboxylic acids is 1. The minimum Gasteiger partial charge on any atom is -0.508 e. The molecule has 3 fully saturated rings. The number of amides is 1. The van der Waals surface area contributed by atoms with E-state index in [-0.39, 0.29) is 54.4 Å². The number of hydrogen-bond acceptors (Lipinski definition) is 9. The van der Waals surface area contributed by atoms with E-state index in [1.165, 1.54) is 0 Å². The lowest BCUT2D eigenvalue weighted by atomic mass is 9.95. The van der Waals surface area contributed by atoms with Gasteiger partial charge in [-0.3, -0.25) is 9.88 Å². The van der Waals surface area contributed by atoms with E-state index in [4.69, 9.17) is 21.1 Å². The first kappa shape index (κ1) is 35.1. The molecule has 4 atom stereocenters. The molecule has 0 radical (unpaired) electrons. The van der Waals surface area contributed by atoms with Crippen molar-refractivity contribution in [2.75, 3.05) is 38.2 Å². The molecule has 3 aliphatic heterocycles. The number of anilines is 1. The first-order valence-electron chi connectivity index (χ1n) is 16.1. The maximum Gasteiger partial charge on any atom is 0.418 e. The van der Waals surface area contributed by atoms with Crippen molar-refractivity contribution in [2.45, 2.75) is 88.9 Å². The highest BCUT2D eigenvalue weighted by Gasteiger charge is 2.49. The summed E-state index contributed by atoms with van der Waals surface area (Å²) in [6.07, 6.45) is -3.05. The smallest absolute Gasteiger partial charge is 0.418 e. The number of aromatic hydroxyl groups is 1. The monoisotopic (exact) mass is 712 g/mol. The van der Waals surface area contributed by atoms with Crippen molar-refractivity contribution in [1.82, 2.24) is 24.8 Å². The molecule has 2 aromatic heterocycles. The Morgan fingerprint density at radius 2 is 1.94 bits per heavy atom. The quantitative estimate of drug-likeness (QED) is 0.271. The molecule has 5 heterocycles. The van der Waals surface area contributed by atoms with Gasteiger partial charge >= 0.3 is 18.3 Å². The topological polar surface area (TPSA) is 104 Å². The summed E-state index contributed by atoms with van der Waals surface area (Å²) in [7, 11) is 1.70. The molecule has 266 valence electrons. The molecule has 1 aromatic carbocycles. The minimum atomic E-state index is -5.00. The van der Waals surface area contributed by atoms with E-state index in [0.29, 0.717) is 32.0 Å². The number of likely N-dealkylation sites (tertiary alicyclic amines) is 1. The molecule has 10 nitrogen and oxygen atoms in total. The van der Waals surface area contributed by atoms with E-state index in [1.807, 2.05) is 11.8 Å². The Balaban J connectivity index is 1.44. The predicted molar refractivity (Wildman–Crippen MR) is 172 cm³/mol. The number of aromatic nitrogens is 3. The zero-order valence-electron chi connectivity index (χ0n) is 27.7. The Labute approximate surface area is 285 Å². The number of hydrogen-bond donors (Lipinski definition) is 1. The highest BCUT2D eigenvalue weighted by molar-refractivity contribution is 6.32. The summed E-state index contributed by atoms with van der Waals surface area (Å²) in [5.74, 6) is -1.66. The lowest BCUT2D eigenvalue weighted by molar-refractivity contribution is -0.137. The van der Waals surface area contributed by atoms with Gasteiger partial charge in [0.25, 0.3) is 0 Å². The van der Waals surface area contributed by atoms with Crippen LogP contribution in [0.5, 0.6) is 11.8 Å². The number of rotatable bonds is 6. The van der Waals surface area contributed by atoms with Crippen molar-refractivity contribution < 1.29 is 41.3 Å². The largest absolute Gasteiger partial charge is 0.508 e. The Morgan fingerprint density at radius 3 is 2.63 bits per heavy atom. The molecule has 0 saturated carbocycles. The van der Waals surface area contributed by atoms with Gasteiger partial charge in [0.1, 0.15) is 41.2 Å². The molecule has 0 unspecified atom stereocenters. The van der Waals surface area contributed by atoms with Crippen molar-refractivity contribution in [2.24, 2.45) is 0 Å². The number of fused-ring (bicyclic) bond motifs is 2. The van der Waals surface area contributed by atoms with Gasteiger partial charge < -0.3 is 24.4 Å². The standard InChI is InChI=1S/C33H38ClF5N6O4/c1-17-23(7-10-45(17)30(47)49-31(2,3)4)43(5)28-21-14-40-26(20-11-19(46)12-22(34)24(20)33(37,38)39)25(36)27(21)41-29(42-28)48-16-32-8-6-9-44(32)15-18(35)13-32/h11-12,14,17-18,23,46H,6-10,13,15-16H2,1-5H3/t17-,18-,23-,32+/m1/s1. The molecule has 49 heavy (non-hydrogen) atoms. The number of benzene rings is 1. The van der Waals surface area contributed by atoms with E-state index in [9.17, 15) is 27.5 Å². The SMILES string of the molecule is C[C@@H]1[C@H](N(C)c2nc(OC[C@@]34CCCN3C[C@H](F)C4)nc3c(F)c(-c4cc(O)cc(Cl)c4C(F)(F)F)ncc23)CCN1C(=O)OC(C)(C)C. The number of pyridine rings is 1. The average Bonchev–Trinajstić information content (AvgIpc) is 3.65. The van der Waals surface area contributed by atoms with Crippen molar-refractivity contribution in [1.29, 1.82) is 0 Å². The molecule has 3 aromatic rings. The van der Waals surface area contributed by atoms with Crippen LogP contribution in [0.2, 0.25) is 5.02 Å². The lowest BCUT2D eigenvalue weighted by Gasteiger charge is -2.33. The number of phenols is 1. The zero-order chi connectivity index (χ0) is 35.6. The third-order valence-corrected chi connectivity index (χ3v) is 9.96. The summed E-state index contributed by atoms with van der Waals surface area (Å²) in [4.78, 5) is 31.3. The normalized spacial score (nSPS) is 24.5. The van der Waals surface area contributed by atoms with Crippen LogP contribution >= 0.6 is 11.6 Å². The number of nitrogens with zero attached hydrogens (tertiary/aromatic N) is 6. The van der Waals surface area contributed by atoms with Crippen LogP contribution < -0.4 is 9.64 Å². The molecular formula is C33H38ClF5N6O4. The van der Waals surface area contributed by atoms with Gasteiger partial charge in [-0.1, -0.05) is 11.6 Å². The minimum absolute atomic E-state index is 0.0221. The summed E-state index contributed by atoms with van der Waals surface area (Å²) in [6, 6.07) is 0.488. The second-order valence-corrected chi connectivity index (χ2v) is 14.5. The van der Waals surface area contributed by atoms with Gasteiger partial charge in [-0.25, -0.2) is 13.6 Å². The average molecular weight is 713 g/mol. The maximum absolute atomic E-state index is 16.5. The van der Waals surface area contributed by atoms with Crippen LogP contribution in [0.15, 0.2) is 18.3 Å². The molecular weight excluding hydrogens is 675 g/mol. The van der Waals surface area contributed by atoms with Gasteiger partial charge in [0.15, 0.2) is 5.82 Å². The van der Waals surface area contributed by atoms with Crippen LogP contribution in [0.3, 0.4) is 0 Å². The van der Waals surface area contributed by atoms with E-state index < -0.39 is 63.0 Å². The summed E-state index contributed by atoms with van der Waals surface area (Å²) in [5.41, 5.74) is -4.55. The lowest BCUT2D eigenvalue weighted by Crippen LogP contribution is -2.45. The van der Waals surface area contributed by atoms with Crippen LogP contribution in [0.25, 0.3) is 22.2 Å². The second-order valence-electron chi connectivity index (χ2n) is 14.1. The van der Waals surface area contributed by atoms with Crippen molar-refractivity contribution in [3.63, 3.8) is 0 Å². The molecule has 1 amide bonds. The predicted octanol–water partition coefficient (Wildman–Crippen LogP) is 7.00. The van der Waals surface area contributed by atoms with Gasteiger partial charge in [0, 0.05) is 38.3 Å². The van der Waals surface area contributed by atoms with Gasteiger partial charge in [0.05, 0.1) is 33.6 Å². The van der Waals surface area contributed by atoms with E-state index in [1.54, 1.807) is 37.6 Å². The van der Waals surface area contributed by atoms with Crippen LogP contribution in [-0.2, 0) is 10.9 Å². The number of alkyl halides is 4. The van der Waals surface area contributed by atoms with Crippen molar-refractivity contribution in [3.05, 3.63) is 34.7 Å². The van der Waals surface area contributed by atoms with Gasteiger partial charge in [-0.2, -0.15) is 23.1 Å². The third-order valence-electron chi connectivity index (χ3n) is 9.66. The maximum atomic E-state index is 16.5. The molecule has 0 aliphatic carbocycles. The number of phenolic OH excluding ortho intramolecular Hbond substituents is 1. The summed E-state index contributed by atoms with van der Waals surface area (Å²) in [6.45, 7) is 8.54. The van der Waals surface area contributed by atoms with Gasteiger partial charge in [-0.05, 0) is 65.6 Å². The van der Waals surface area contributed by atoms with Gasteiger partial charge in [0.2, 0.25) is 0 Å². The Hall–Kier alpha value is -3.72. The highest BCUT2D eigenvalue weighted by Crippen LogP contribution is 2.45. The van der Waals surface area contributed by atoms with Gasteiger partial charge in [-0.15, -0.1) is 0 Å². The number of carbonyl (C=O) groups is 1. The first-order valence-corrected chi connectivity index (χ1v) is 16.5. The fraction of sp³-hybridized carbons (Fsp3) is 0.576. The van der Waals surface area contributed by atoms with E-state index in [2.05, 4.69) is 15.0 Å². The summed E-state index contributed by atoms with van der Waals surface area (Å²) in [5, 5.41) is 9.37. The van der Waals surface area contributed by atoms with Crippen LogP contribution in [0, 0.1) is 5.82 Å². The van der Waals surface area contributed by atoms with E-state index in [0.717, 1.165) is 18.7 Å². The van der Waals surface area contributed by atoms with Crippen molar-refractivity contribution >= 4 is 34.4 Å². The number of halogens is 6. The first-order chi connectivity index (χ1) is 22.9. The van der Waals surface area contributed by atoms with E-state index >= 15 is 4.39 Å². The molecule has 1 N–H and O–H groups in total. The summed E-state index contributed by atoms with van der Waals surface area (Å²) >= 11 is 5.89. The molecule has 16 heteroatoms. The molecule has 6 rings (SSSR count). The van der Waals surface area contributed by atoms with Crippen LogP contribution in [-0.4, -0.2) is 98.6 Å². The Morgan fingerprint density at radius 1 is 1.20 bits per heavy atom. The molecule has 3 saturated heterocycles. The number of ether oxygens (including phenoxy) is 2. The fourth-order valence-corrected chi connectivity index (χ4v) is 7.75. The highest BCUT2D eigenvalue weighted by atomic mass is 35.5. The van der Waals surface area contributed by atoms with Crippen LogP contribution in [0.1, 0.15) is 58.9 Å². The molecule has 3 aliphatic rings. The Kier molecular flexibility index (Phi) is 9.00. The third kappa shape index (κ3) is 6.63.